The highest BCUT2D eigenvalue weighted by molar-refractivity contribution is 7.86. The predicted molar refractivity (Wildman–Crippen MR) is 54.0 cm³/mol. The summed E-state index contributed by atoms with van der Waals surface area (Å²) in [6.45, 7) is 1.39. The van der Waals surface area contributed by atoms with Crippen molar-refractivity contribution in [1.82, 2.24) is 0 Å². The van der Waals surface area contributed by atoms with Crippen molar-refractivity contribution >= 4 is 20.2 Å². The van der Waals surface area contributed by atoms with Crippen LogP contribution in [0.15, 0.2) is 0 Å². The molecule has 0 saturated carbocycles. The van der Waals surface area contributed by atoms with Crippen LogP contribution in [0.1, 0.15) is 6.92 Å². The van der Waals surface area contributed by atoms with Crippen LogP contribution in [0.2, 0.25) is 0 Å². The van der Waals surface area contributed by atoms with Crippen LogP contribution in [0.3, 0.4) is 0 Å². The monoisotopic (exact) mass is 376 g/mol. The van der Waals surface area contributed by atoms with E-state index in [0.29, 0.717) is 0 Å². The van der Waals surface area contributed by atoms with Gasteiger partial charge < -0.3 is 10.2 Å². The summed E-state index contributed by atoms with van der Waals surface area (Å²) in [7, 11) is -11.7. The summed E-state index contributed by atoms with van der Waals surface area (Å²) in [5.41, 5.74) is -11.1. The molecule has 0 rings (SSSR count). The van der Waals surface area contributed by atoms with Crippen molar-refractivity contribution in [1.29, 1.82) is 0 Å². The molecule has 16 heteroatoms. The maximum Gasteiger partial charge on any atom is 0.522 e. The molecular weight excluding hydrogens is 366 g/mol. The minimum atomic E-state index is -5.84. The van der Waals surface area contributed by atoms with Gasteiger partial charge in [-0.05, 0) is 6.92 Å². The first-order valence-corrected chi connectivity index (χ1v) is 7.01. The van der Waals surface area contributed by atoms with Crippen molar-refractivity contribution in [2.45, 2.75) is 24.0 Å². The van der Waals surface area contributed by atoms with Gasteiger partial charge >= 0.3 is 31.3 Å². The third kappa shape index (κ3) is 15.5. The Morgan fingerprint density at radius 1 is 0.857 bits per heavy atom. The summed E-state index contributed by atoms with van der Waals surface area (Å²) >= 11 is 0. The van der Waals surface area contributed by atoms with Crippen LogP contribution in [-0.4, -0.2) is 59.9 Å². The van der Waals surface area contributed by atoms with E-state index in [1.807, 2.05) is 0 Å². The molecule has 0 aromatic heterocycles. The van der Waals surface area contributed by atoms with Crippen molar-refractivity contribution in [3.05, 3.63) is 0 Å². The standard InChI is InChI=1S/C3H8O2.2CHF3O3S/c1-3(5)2-4;2*2-1(3,4)8(5,6)7/h3-5H,2H2,1H3;2*(H,5,6,7). The summed E-state index contributed by atoms with van der Waals surface area (Å²) in [6.07, 6.45) is -0.560. The molecule has 0 fully saturated rings. The van der Waals surface area contributed by atoms with Crippen molar-refractivity contribution in [2.24, 2.45) is 0 Å². The van der Waals surface area contributed by atoms with Crippen LogP contribution in [0.5, 0.6) is 0 Å². The summed E-state index contributed by atoms with van der Waals surface area (Å²) < 4.78 is 115. The number of rotatable bonds is 1. The lowest BCUT2D eigenvalue weighted by Gasteiger charge is -1.97. The highest BCUT2D eigenvalue weighted by Crippen LogP contribution is 2.21. The first kappa shape index (κ1) is 25.3. The Bertz CT molecular complexity index is 432. The van der Waals surface area contributed by atoms with Crippen molar-refractivity contribution in [3.8, 4) is 0 Å². The van der Waals surface area contributed by atoms with Gasteiger partial charge in [0, 0.05) is 0 Å². The third-order valence-electron chi connectivity index (χ3n) is 0.849. The van der Waals surface area contributed by atoms with Gasteiger partial charge in [-0.15, -0.1) is 0 Å². The zero-order chi connectivity index (χ0) is 18.3. The van der Waals surface area contributed by atoms with Gasteiger partial charge in [-0.3, -0.25) is 9.11 Å². The molecule has 0 aliphatic carbocycles. The lowest BCUT2D eigenvalue weighted by molar-refractivity contribution is -0.0514. The summed E-state index contributed by atoms with van der Waals surface area (Å²) in [6, 6.07) is 0. The molecule has 4 N–H and O–H groups in total. The number of alkyl halides is 6. The Labute approximate surface area is 114 Å². The Kier molecular flexibility index (Phi) is 10.5. The van der Waals surface area contributed by atoms with Crippen LogP contribution < -0.4 is 0 Å². The predicted octanol–water partition coefficient (Wildman–Crippen LogP) is 0.148. The van der Waals surface area contributed by atoms with Crippen molar-refractivity contribution < 1.29 is 62.5 Å². The minimum absolute atomic E-state index is 0.139. The third-order valence-corrected chi connectivity index (χ3v) is 2.02. The second kappa shape index (κ2) is 8.69. The first-order valence-electron chi connectivity index (χ1n) is 4.13. The molecule has 21 heavy (non-hydrogen) atoms. The number of aliphatic hydroxyl groups is 2. The molecule has 132 valence electrons. The van der Waals surface area contributed by atoms with E-state index in [4.69, 9.17) is 36.2 Å². The van der Waals surface area contributed by atoms with E-state index in [1.165, 1.54) is 6.92 Å². The van der Waals surface area contributed by atoms with Gasteiger partial charge in [0.05, 0.1) is 12.7 Å². The van der Waals surface area contributed by atoms with Crippen LogP contribution in [0.4, 0.5) is 26.3 Å². The van der Waals surface area contributed by atoms with Crippen LogP contribution >= 0.6 is 0 Å². The van der Waals surface area contributed by atoms with E-state index >= 15 is 0 Å². The fraction of sp³-hybridized carbons (Fsp3) is 1.00. The van der Waals surface area contributed by atoms with E-state index in [0.717, 1.165) is 0 Å². The molecule has 8 nitrogen and oxygen atoms in total. The van der Waals surface area contributed by atoms with Gasteiger partial charge in [-0.25, -0.2) is 0 Å². The zero-order valence-electron chi connectivity index (χ0n) is 9.79. The number of hydrogen-bond donors (Lipinski definition) is 4. The molecule has 0 aromatic carbocycles. The second-order valence-electron chi connectivity index (χ2n) is 2.87. The lowest BCUT2D eigenvalue weighted by Crippen LogP contribution is -2.21. The summed E-state index contributed by atoms with van der Waals surface area (Å²) in [5, 5.41) is 16.0. The summed E-state index contributed by atoms with van der Waals surface area (Å²) in [4.78, 5) is 0. The smallest absolute Gasteiger partial charge is 0.394 e. The second-order valence-corrected chi connectivity index (χ2v) is 5.70. The van der Waals surface area contributed by atoms with Gasteiger partial charge in [0.2, 0.25) is 0 Å². The van der Waals surface area contributed by atoms with Gasteiger partial charge in [-0.2, -0.15) is 43.2 Å². The molecule has 1 atom stereocenters. The van der Waals surface area contributed by atoms with Gasteiger partial charge in [0.15, 0.2) is 0 Å². The molecule has 0 amide bonds. The van der Waals surface area contributed by atoms with Crippen molar-refractivity contribution in [2.75, 3.05) is 6.61 Å². The lowest BCUT2D eigenvalue weighted by atomic mass is 10.5. The molecule has 0 bridgehead atoms. The highest BCUT2D eigenvalue weighted by atomic mass is 32.2. The Morgan fingerprint density at radius 2 is 0.952 bits per heavy atom. The average molecular weight is 376 g/mol. The number of aliphatic hydroxyl groups excluding tert-OH is 2. The molecular formula is C5H10F6O8S2. The normalized spacial score (nSPS) is 14.2. The fourth-order valence-electron chi connectivity index (χ4n) is 0. The Morgan fingerprint density at radius 3 is 0.952 bits per heavy atom. The SMILES string of the molecule is CC(O)CO.O=S(=O)(O)C(F)(F)F.O=S(=O)(O)C(F)(F)F. The Hall–Kier alpha value is -0.680. The molecule has 0 aliphatic heterocycles. The molecule has 0 saturated heterocycles. The summed E-state index contributed by atoms with van der Waals surface area (Å²) in [5.74, 6) is 0. The van der Waals surface area contributed by atoms with E-state index in [2.05, 4.69) is 0 Å². The zero-order valence-corrected chi connectivity index (χ0v) is 11.4. The maximum absolute atomic E-state index is 10.7. The van der Waals surface area contributed by atoms with Gasteiger partial charge in [-0.1, -0.05) is 0 Å². The number of halogens is 6. The van der Waals surface area contributed by atoms with E-state index in [9.17, 15) is 26.3 Å². The van der Waals surface area contributed by atoms with E-state index in [-0.39, 0.29) is 6.61 Å². The van der Waals surface area contributed by atoms with Crippen LogP contribution in [0.25, 0.3) is 0 Å². The first-order chi connectivity index (χ1) is 8.77. The maximum atomic E-state index is 10.7. The molecule has 0 spiro atoms. The van der Waals surface area contributed by atoms with Gasteiger partial charge in [0.1, 0.15) is 0 Å². The Balaban J connectivity index is -0.000000239. The van der Waals surface area contributed by atoms with Gasteiger partial charge in [0.25, 0.3) is 0 Å². The quantitative estimate of drug-likeness (QED) is 0.287. The van der Waals surface area contributed by atoms with E-state index in [1.54, 1.807) is 0 Å². The van der Waals surface area contributed by atoms with Crippen LogP contribution in [-0.2, 0) is 20.2 Å². The highest BCUT2D eigenvalue weighted by Gasteiger charge is 2.45. The topological polar surface area (TPSA) is 149 Å². The molecule has 0 aliphatic rings. The molecule has 1 unspecified atom stereocenters. The molecule has 0 aromatic rings. The van der Waals surface area contributed by atoms with Crippen LogP contribution in [0, 0.1) is 0 Å². The van der Waals surface area contributed by atoms with E-state index < -0.39 is 37.4 Å². The average Bonchev–Trinajstić information content (AvgIpc) is 2.12. The fourth-order valence-corrected chi connectivity index (χ4v) is 0. The van der Waals surface area contributed by atoms with Crippen molar-refractivity contribution in [3.63, 3.8) is 0 Å². The molecule has 0 heterocycles. The minimum Gasteiger partial charge on any atom is -0.394 e. The number of hydrogen-bond acceptors (Lipinski definition) is 6. The largest absolute Gasteiger partial charge is 0.522 e. The molecule has 0 radical (unpaired) electrons.